The molecule has 17 heavy (non-hydrogen) atoms. The van der Waals surface area contributed by atoms with E-state index >= 15 is 0 Å². The van der Waals surface area contributed by atoms with Gasteiger partial charge in [0, 0.05) is 0 Å². The van der Waals surface area contributed by atoms with Gasteiger partial charge >= 0.3 is 0 Å². The van der Waals surface area contributed by atoms with E-state index in [9.17, 15) is 0 Å². The number of nitrogens with one attached hydrogen (secondary N) is 2. The summed E-state index contributed by atoms with van der Waals surface area (Å²) in [5.74, 6) is 0. The molecule has 0 aliphatic carbocycles. The van der Waals surface area contributed by atoms with Crippen LogP contribution in [0.15, 0.2) is 36.5 Å². The summed E-state index contributed by atoms with van der Waals surface area (Å²) in [7, 11) is 0. The molecule has 0 fully saturated rings. The first kappa shape index (κ1) is 11.8. The summed E-state index contributed by atoms with van der Waals surface area (Å²) in [6.07, 6.45) is 3.87. The van der Waals surface area contributed by atoms with Crippen LogP contribution >= 0.6 is 0 Å². The van der Waals surface area contributed by atoms with Crippen LogP contribution in [0.2, 0.25) is 0 Å². The molecule has 1 atom stereocenters. The van der Waals surface area contributed by atoms with Gasteiger partial charge in [0.05, 0.1) is 17.9 Å². The lowest BCUT2D eigenvalue weighted by molar-refractivity contribution is 0.503. The zero-order valence-electron chi connectivity index (χ0n) is 10.1. The summed E-state index contributed by atoms with van der Waals surface area (Å²) in [5.41, 5.74) is 2.35. The number of nitrogens with zero attached hydrogens (tertiary/aromatic N) is 2. The lowest BCUT2D eigenvalue weighted by Crippen LogP contribution is -2.21. The lowest BCUT2D eigenvalue weighted by atomic mass is 10.0. The molecule has 2 N–H and O–H groups in total. The molecule has 0 aliphatic rings. The topological polar surface area (TPSA) is 53.6 Å². The van der Waals surface area contributed by atoms with E-state index in [-0.39, 0.29) is 6.04 Å². The maximum Gasteiger partial charge on any atom is 0.0993 e. The van der Waals surface area contributed by atoms with Crippen molar-refractivity contribution in [1.82, 2.24) is 20.7 Å². The predicted molar refractivity (Wildman–Crippen MR) is 67.6 cm³/mol. The van der Waals surface area contributed by atoms with E-state index in [1.54, 1.807) is 6.20 Å². The molecule has 0 amide bonds. The third-order valence-electron chi connectivity index (χ3n) is 2.81. The maximum atomic E-state index is 4.15. The number of rotatable bonds is 6. The zero-order valence-corrected chi connectivity index (χ0v) is 10.1. The molecule has 2 rings (SSSR count). The Morgan fingerprint density at radius 1 is 1.29 bits per heavy atom. The van der Waals surface area contributed by atoms with Crippen LogP contribution in [-0.4, -0.2) is 22.0 Å². The molecule has 0 spiro atoms. The van der Waals surface area contributed by atoms with Crippen molar-refractivity contribution in [3.63, 3.8) is 0 Å². The van der Waals surface area contributed by atoms with E-state index in [1.165, 1.54) is 5.56 Å². The summed E-state index contributed by atoms with van der Waals surface area (Å²) < 4.78 is 0. The molecule has 0 radical (unpaired) electrons. The largest absolute Gasteiger partial charge is 0.309 e. The molecule has 2 aromatic rings. The van der Waals surface area contributed by atoms with Gasteiger partial charge in [-0.15, -0.1) is 0 Å². The van der Waals surface area contributed by atoms with Crippen LogP contribution in [0, 0.1) is 0 Å². The number of aromatic amines is 1. The fraction of sp³-hybridized carbons (Fsp3) is 0.385. The van der Waals surface area contributed by atoms with Gasteiger partial charge in [-0.1, -0.05) is 37.3 Å². The second kappa shape index (κ2) is 6.15. The molecular formula is C13H18N4. The number of benzene rings is 1. The Balaban J connectivity index is 1.95. The highest BCUT2D eigenvalue weighted by molar-refractivity contribution is 5.15. The van der Waals surface area contributed by atoms with Crippen LogP contribution in [0.3, 0.4) is 0 Å². The van der Waals surface area contributed by atoms with Gasteiger partial charge in [0.25, 0.3) is 0 Å². The molecule has 1 aromatic heterocycles. The first-order valence-corrected chi connectivity index (χ1v) is 6.03. The van der Waals surface area contributed by atoms with E-state index < -0.39 is 0 Å². The van der Waals surface area contributed by atoms with Gasteiger partial charge in [-0.25, -0.2) is 0 Å². The number of aromatic nitrogens is 3. The van der Waals surface area contributed by atoms with Gasteiger partial charge in [0.15, 0.2) is 0 Å². The van der Waals surface area contributed by atoms with Crippen molar-refractivity contribution in [3.8, 4) is 0 Å². The van der Waals surface area contributed by atoms with Crippen LogP contribution < -0.4 is 5.32 Å². The highest BCUT2D eigenvalue weighted by Crippen LogP contribution is 2.16. The van der Waals surface area contributed by atoms with Gasteiger partial charge in [-0.05, 0) is 24.9 Å². The molecule has 4 heteroatoms. The molecule has 1 unspecified atom stereocenters. The molecule has 1 heterocycles. The van der Waals surface area contributed by atoms with Crippen molar-refractivity contribution in [2.75, 3.05) is 6.54 Å². The highest BCUT2D eigenvalue weighted by Gasteiger charge is 2.12. The van der Waals surface area contributed by atoms with Crippen molar-refractivity contribution >= 4 is 0 Å². The molecule has 0 bridgehead atoms. The highest BCUT2D eigenvalue weighted by atomic mass is 15.3. The zero-order chi connectivity index (χ0) is 11.9. The van der Waals surface area contributed by atoms with Crippen LogP contribution in [0.5, 0.6) is 0 Å². The Hall–Kier alpha value is -1.68. The SMILES string of the molecule is CCNC(CCc1ccccc1)c1cn[nH]n1. The van der Waals surface area contributed by atoms with E-state index in [0.29, 0.717) is 0 Å². The average Bonchev–Trinajstić information content (AvgIpc) is 2.89. The molecule has 0 saturated carbocycles. The Kier molecular flexibility index (Phi) is 4.27. The van der Waals surface area contributed by atoms with Gasteiger partial charge in [-0.2, -0.15) is 15.4 Å². The Labute approximate surface area is 101 Å². The third kappa shape index (κ3) is 3.39. The summed E-state index contributed by atoms with van der Waals surface area (Å²) >= 11 is 0. The van der Waals surface area contributed by atoms with Gasteiger partial charge in [0.2, 0.25) is 0 Å². The molecule has 90 valence electrons. The summed E-state index contributed by atoms with van der Waals surface area (Å²) in [6.45, 7) is 3.04. The average molecular weight is 230 g/mol. The predicted octanol–water partition coefficient (Wildman–Crippen LogP) is 2.09. The molecule has 0 saturated heterocycles. The van der Waals surface area contributed by atoms with Crippen LogP contribution in [0.4, 0.5) is 0 Å². The molecule has 1 aromatic carbocycles. The Bertz CT molecular complexity index is 410. The molecular weight excluding hydrogens is 212 g/mol. The van der Waals surface area contributed by atoms with Gasteiger partial charge in [0.1, 0.15) is 0 Å². The van der Waals surface area contributed by atoms with Gasteiger partial charge < -0.3 is 5.32 Å². The monoisotopic (exact) mass is 230 g/mol. The molecule has 0 aliphatic heterocycles. The third-order valence-corrected chi connectivity index (χ3v) is 2.81. The Morgan fingerprint density at radius 3 is 2.76 bits per heavy atom. The maximum absolute atomic E-state index is 4.15. The second-order valence-corrected chi connectivity index (χ2v) is 4.03. The van der Waals surface area contributed by atoms with Crippen molar-refractivity contribution in [2.24, 2.45) is 0 Å². The minimum Gasteiger partial charge on any atom is -0.309 e. The van der Waals surface area contributed by atoms with E-state index in [2.05, 4.69) is 51.9 Å². The van der Waals surface area contributed by atoms with Crippen molar-refractivity contribution in [3.05, 3.63) is 47.8 Å². The van der Waals surface area contributed by atoms with Crippen LogP contribution in [0.25, 0.3) is 0 Å². The number of hydrogen-bond acceptors (Lipinski definition) is 3. The van der Waals surface area contributed by atoms with E-state index in [1.807, 2.05) is 6.07 Å². The number of H-pyrrole nitrogens is 1. The molecule has 4 nitrogen and oxygen atoms in total. The number of aryl methyl sites for hydroxylation is 1. The standard InChI is InChI=1S/C13H18N4/c1-2-14-12(13-10-15-17-16-13)9-8-11-6-4-3-5-7-11/h3-7,10,12,14H,2,8-9H2,1H3,(H,15,16,17). The second-order valence-electron chi connectivity index (χ2n) is 4.03. The first-order valence-electron chi connectivity index (χ1n) is 6.03. The summed E-state index contributed by atoms with van der Waals surface area (Å²) in [5, 5.41) is 14.1. The fourth-order valence-electron chi connectivity index (χ4n) is 1.93. The summed E-state index contributed by atoms with van der Waals surface area (Å²) in [6, 6.07) is 10.8. The Morgan fingerprint density at radius 2 is 2.12 bits per heavy atom. The minimum atomic E-state index is 0.277. The van der Waals surface area contributed by atoms with E-state index in [0.717, 1.165) is 25.1 Å². The normalized spacial score (nSPS) is 12.5. The van der Waals surface area contributed by atoms with Gasteiger partial charge in [-0.3, -0.25) is 0 Å². The van der Waals surface area contributed by atoms with Crippen molar-refractivity contribution in [2.45, 2.75) is 25.8 Å². The first-order chi connectivity index (χ1) is 8.40. The van der Waals surface area contributed by atoms with Crippen molar-refractivity contribution < 1.29 is 0 Å². The smallest absolute Gasteiger partial charge is 0.0993 e. The van der Waals surface area contributed by atoms with Crippen LogP contribution in [-0.2, 0) is 6.42 Å². The lowest BCUT2D eigenvalue weighted by Gasteiger charge is -2.14. The quantitative estimate of drug-likeness (QED) is 0.799. The number of hydrogen-bond donors (Lipinski definition) is 2. The van der Waals surface area contributed by atoms with Crippen molar-refractivity contribution in [1.29, 1.82) is 0 Å². The minimum absolute atomic E-state index is 0.277. The van der Waals surface area contributed by atoms with Crippen LogP contribution in [0.1, 0.15) is 30.6 Å². The summed E-state index contributed by atoms with van der Waals surface area (Å²) in [4.78, 5) is 0. The van der Waals surface area contributed by atoms with E-state index in [4.69, 9.17) is 0 Å². The fourth-order valence-corrected chi connectivity index (χ4v) is 1.93.